The molecule has 1 aliphatic heterocycles. The van der Waals surface area contributed by atoms with Crippen LogP contribution < -0.4 is 15.8 Å². The molecule has 0 saturated carbocycles. The van der Waals surface area contributed by atoms with Gasteiger partial charge in [-0.1, -0.05) is 0 Å². The number of non-ortho nitro benzene ring substituents is 1. The van der Waals surface area contributed by atoms with Crippen LogP contribution in [0.3, 0.4) is 0 Å². The summed E-state index contributed by atoms with van der Waals surface area (Å²) in [4.78, 5) is 40.1. The number of amides is 1. The number of hydrogen-bond donors (Lipinski definition) is 1. The topological polar surface area (TPSA) is 113 Å². The van der Waals surface area contributed by atoms with Crippen LogP contribution in [-0.2, 0) is 6.54 Å². The Kier molecular flexibility index (Phi) is 6.87. The van der Waals surface area contributed by atoms with Crippen molar-refractivity contribution in [2.24, 2.45) is 5.10 Å². The molecule has 0 atom stereocenters. The Labute approximate surface area is 200 Å². The summed E-state index contributed by atoms with van der Waals surface area (Å²) < 4.78 is 16.8. The lowest BCUT2D eigenvalue weighted by atomic mass is 10.1. The highest BCUT2D eigenvalue weighted by atomic mass is 19.1. The molecule has 182 valence electrons. The number of piperazine rings is 1. The van der Waals surface area contributed by atoms with Gasteiger partial charge in [0.25, 0.3) is 11.6 Å². The summed E-state index contributed by atoms with van der Waals surface area (Å²) in [6, 6.07) is 8.47. The SMILES string of the molecule is CCn1cc(C(=O)NN=Cc2ccc([N+](=O)[O-])cc2)c(=O)c2cc(F)c(N3CCN(C)CC3)cc21. The third kappa shape index (κ3) is 5.04. The van der Waals surface area contributed by atoms with E-state index in [1.807, 2.05) is 18.9 Å². The quantitative estimate of drug-likeness (QED) is 0.330. The van der Waals surface area contributed by atoms with E-state index < -0.39 is 22.1 Å². The number of pyridine rings is 1. The Bertz CT molecular complexity index is 1360. The third-order valence-electron chi connectivity index (χ3n) is 6.06. The third-order valence-corrected chi connectivity index (χ3v) is 6.06. The molecule has 1 fully saturated rings. The summed E-state index contributed by atoms with van der Waals surface area (Å²) in [6.45, 7) is 5.34. The van der Waals surface area contributed by atoms with E-state index in [4.69, 9.17) is 0 Å². The Morgan fingerprint density at radius 2 is 1.89 bits per heavy atom. The van der Waals surface area contributed by atoms with Crippen LogP contribution in [0.25, 0.3) is 10.9 Å². The number of aromatic nitrogens is 1. The van der Waals surface area contributed by atoms with E-state index in [9.17, 15) is 19.7 Å². The minimum Gasteiger partial charge on any atom is -0.367 e. The Morgan fingerprint density at radius 1 is 1.20 bits per heavy atom. The fourth-order valence-corrected chi connectivity index (χ4v) is 4.02. The van der Waals surface area contributed by atoms with Crippen LogP contribution in [0, 0.1) is 15.9 Å². The maximum absolute atomic E-state index is 15.0. The molecule has 1 N–H and O–H groups in total. The molecule has 1 saturated heterocycles. The molecule has 2 heterocycles. The van der Waals surface area contributed by atoms with Gasteiger partial charge in [-0.15, -0.1) is 0 Å². The van der Waals surface area contributed by atoms with Gasteiger partial charge in [0.2, 0.25) is 5.43 Å². The zero-order chi connectivity index (χ0) is 25.1. The molecule has 0 spiro atoms. The number of likely N-dealkylation sites (N-methyl/N-ethyl adjacent to an activating group) is 1. The molecule has 3 aromatic rings. The summed E-state index contributed by atoms with van der Waals surface area (Å²) in [5.74, 6) is -1.24. The number of halogens is 1. The van der Waals surface area contributed by atoms with Crippen LogP contribution in [0.4, 0.5) is 15.8 Å². The van der Waals surface area contributed by atoms with Crippen molar-refractivity contribution in [2.75, 3.05) is 38.1 Å². The predicted molar refractivity (Wildman–Crippen MR) is 132 cm³/mol. The number of nitro groups is 1. The van der Waals surface area contributed by atoms with Crippen molar-refractivity contribution >= 4 is 34.4 Å². The zero-order valence-electron chi connectivity index (χ0n) is 19.4. The molecule has 4 rings (SSSR count). The number of anilines is 1. The molecule has 2 aromatic carbocycles. The predicted octanol–water partition coefficient (Wildman–Crippen LogP) is 2.58. The first kappa shape index (κ1) is 24.0. The Morgan fingerprint density at radius 3 is 2.51 bits per heavy atom. The van der Waals surface area contributed by atoms with Crippen LogP contribution in [0.15, 0.2) is 52.5 Å². The normalized spacial score (nSPS) is 14.5. The number of benzene rings is 2. The van der Waals surface area contributed by atoms with Crippen molar-refractivity contribution in [3.8, 4) is 0 Å². The van der Waals surface area contributed by atoms with Crippen molar-refractivity contribution in [2.45, 2.75) is 13.5 Å². The second-order valence-electron chi connectivity index (χ2n) is 8.32. The average Bonchev–Trinajstić information content (AvgIpc) is 2.85. The molecule has 0 bridgehead atoms. The maximum Gasteiger partial charge on any atom is 0.276 e. The monoisotopic (exact) mass is 480 g/mol. The highest BCUT2D eigenvalue weighted by Crippen LogP contribution is 2.26. The minimum atomic E-state index is -0.735. The molecule has 10 nitrogen and oxygen atoms in total. The van der Waals surface area contributed by atoms with Crippen LogP contribution in [0.1, 0.15) is 22.8 Å². The summed E-state index contributed by atoms with van der Waals surface area (Å²) >= 11 is 0. The molecule has 0 aliphatic carbocycles. The number of nitrogens with one attached hydrogen (secondary N) is 1. The first-order valence-electron chi connectivity index (χ1n) is 11.2. The molecular formula is C24H25FN6O4. The number of rotatable bonds is 6. The second-order valence-corrected chi connectivity index (χ2v) is 8.32. The maximum atomic E-state index is 15.0. The van der Waals surface area contributed by atoms with Crippen molar-refractivity contribution < 1.29 is 14.1 Å². The fourth-order valence-electron chi connectivity index (χ4n) is 4.02. The van der Waals surface area contributed by atoms with Gasteiger partial charge < -0.3 is 14.4 Å². The fraction of sp³-hybridized carbons (Fsp3) is 0.292. The van der Waals surface area contributed by atoms with Gasteiger partial charge in [0, 0.05) is 56.4 Å². The summed E-state index contributed by atoms with van der Waals surface area (Å²) in [7, 11) is 2.02. The summed E-state index contributed by atoms with van der Waals surface area (Å²) in [5.41, 5.74) is 3.01. The van der Waals surface area contributed by atoms with Gasteiger partial charge >= 0.3 is 0 Å². The van der Waals surface area contributed by atoms with Crippen LogP contribution in [0.2, 0.25) is 0 Å². The van der Waals surface area contributed by atoms with E-state index in [0.29, 0.717) is 36.4 Å². The lowest BCUT2D eigenvalue weighted by Gasteiger charge is -2.34. The molecule has 0 unspecified atom stereocenters. The first-order valence-corrected chi connectivity index (χ1v) is 11.2. The van der Waals surface area contributed by atoms with Gasteiger partial charge in [-0.2, -0.15) is 5.10 Å². The number of nitrogens with zero attached hydrogens (tertiary/aromatic N) is 5. The average molecular weight is 481 g/mol. The summed E-state index contributed by atoms with van der Waals surface area (Å²) in [5, 5.41) is 14.7. The molecule has 0 radical (unpaired) electrons. The van der Waals surface area contributed by atoms with E-state index >= 15 is 4.39 Å². The van der Waals surface area contributed by atoms with E-state index in [-0.39, 0.29) is 16.6 Å². The Hall–Kier alpha value is -4.12. The second kappa shape index (κ2) is 10.0. The van der Waals surface area contributed by atoms with Crippen molar-refractivity contribution in [1.29, 1.82) is 0 Å². The smallest absolute Gasteiger partial charge is 0.276 e. The lowest BCUT2D eigenvalue weighted by molar-refractivity contribution is -0.384. The molecule has 11 heteroatoms. The highest BCUT2D eigenvalue weighted by Gasteiger charge is 2.21. The number of carbonyl (C=O) groups is 1. The molecule has 1 amide bonds. The number of hydrogen-bond acceptors (Lipinski definition) is 7. The standard InChI is InChI=1S/C24H25FN6O4/c1-3-29-15-19(24(33)27-26-14-16-4-6-17(7-5-16)31(34)35)23(32)18-12-20(25)22(13-21(18)29)30-10-8-28(2)9-11-30/h4-7,12-15H,3,8-11H2,1-2H3,(H,27,33). The van der Waals surface area contributed by atoms with E-state index in [1.165, 1.54) is 42.7 Å². The molecule has 1 aromatic heterocycles. The van der Waals surface area contributed by atoms with Gasteiger partial charge in [0.05, 0.1) is 22.3 Å². The van der Waals surface area contributed by atoms with Gasteiger partial charge in [-0.05, 0) is 43.8 Å². The molecule has 35 heavy (non-hydrogen) atoms. The molecular weight excluding hydrogens is 455 g/mol. The summed E-state index contributed by atoms with van der Waals surface area (Å²) in [6.07, 6.45) is 2.76. The van der Waals surface area contributed by atoms with Crippen molar-refractivity contribution in [1.82, 2.24) is 14.9 Å². The molecule has 1 aliphatic rings. The number of hydrazone groups is 1. The van der Waals surface area contributed by atoms with Gasteiger partial charge in [0.15, 0.2) is 0 Å². The number of carbonyl (C=O) groups excluding carboxylic acids is 1. The van der Waals surface area contributed by atoms with Crippen molar-refractivity contribution in [3.05, 3.63) is 79.9 Å². The number of aryl methyl sites for hydroxylation is 1. The van der Waals surface area contributed by atoms with Crippen molar-refractivity contribution in [3.63, 3.8) is 0 Å². The number of nitro benzene ring substituents is 1. The highest BCUT2D eigenvalue weighted by molar-refractivity contribution is 5.98. The van der Waals surface area contributed by atoms with Gasteiger partial charge in [-0.25, -0.2) is 9.82 Å². The first-order chi connectivity index (χ1) is 16.8. The van der Waals surface area contributed by atoms with Crippen LogP contribution >= 0.6 is 0 Å². The Balaban J connectivity index is 1.61. The van der Waals surface area contributed by atoms with Gasteiger partial charge in [-0.3, -0.25) is 19.7 Å². The minimum absolute atomic E-state index is 0.0644. The lowest BCUT2D eigenvalue weighted by Crippen LogP contribution is -2.44. The van der Waals surface area contributed by atoms with E-state index in [1.54, 1.807) is 10.6 Å². The largest absolute Gasteiger partial charge is 0.367 e. The van der Waals surface area contributed by atoms with E-state index in [2.05, 4.69) is 15.4 Å². The van der Waals surface area contributed by atoms with Crippen LogP contribution in [-0.4, -0.2) is 59.7 Å². The van der Waals surface area contributed by atoms with Crippen LogP contribution in [0.5, 0.6) is 0 Å². The number of fused-ring (bicyclic) bond motifs is 1. The van der Waals surface area contributed by atoms with Gasteiger partial charge in [0.1, 0.15) is 11.4 Å². The van der Waals surface area contributed by atoms with E-state index in [0.717, 1.165) is 13.1 Å². The zero-order valence-corrected chi connectivity index (χ0v) is 19.4.